The number of aliphatic carboxylic acids is 1. The predicted octanol–water partition coefficient (Wildman–Crippen LogP) is 3.92. The summed E-state index contributed by atoms with van der Waals surface area (Å²) in [6.07, 6.45) is 6.07. The Morgan fingerprint density at radius 3 is 2.05 bits per heavy atom. The minimum Gasteiger partial charge on any atom is -0.477 e. The number of carboxylic acid groups (broad SMARTS) is 1. The van der Waals surface area contributed by atoms with Crippen molar-refractivity contribution in [3.05, 3.63) is 0 Å². The van der Waals surface area contributed by atoms with Gasteiger partial charge in [-0.15, -0.1) is 0 Å². The van der Waals surface area contributed by atoms with Crippen LogP contribution < -0.4 is 0 Å². The van der Waals surface area contributed by atoms with Gasteiger partial charge < -0.3 is 9.59 Å². The van der Waals surface area contributed by atoms with Crippen LogP contribution in [0.25, 0.3) is 0 Å². The second kappa shape index (κ2) is 6.74. The van der Waals surface area contributed by atoms with Crippen LogP contribution in [0.4, 0.5) is 0 Å². The van der Waals surface area contributed by atoms with Gasteiger partial charge in [-0.2, -0.15) is 0 Å². The van der Waals surface area contributed by atoms with Gasteiger partial charge in [-0.05, 0) is 25.7 Å². The zero-order valence-electron chi connectivity index (χ0n) is 14.0. The van der Waals surface area contributed by atoms with Gasteiger partial charge in [0.15, 0.2) is 6.54 Å². The maximum Gasteiger partial charge on any atom is 0.359 e. The van der Waals surface area contributed by atoms with Crippen LogP contribution in [0.2, 0.25) is 0 Å². The van der Waals surface area contributed by atoms with E-state index in [9.17, 15) is 4.79 Å². The van der Waals surface area contributed by atoms with Crippen molar-refractivity contribution < 1.29 is 14.4 Å². The summed E-state index contributed by atoms with van der Waals surface area (Å²) < 4.78 is 0.527. The van der Waals surface area contributed by atoms with E-state index in [-0.39, 0.29) is 17.5 Å². The van der Waals surface area contributed by atoms with Crippen LogP contribution in [0.15, 0.2) is 0 Å². The Morgan fingerprint density at radius 1 is 1.11 bits per heavy atom. The second-order valence-electron chi connectivity index (χ2n) is 7.85. The van der Waals surface area contributed by atoms with Gasteiger partial charge >= 0.3 is 5.97 Å². The van der Waals surface area contributed by atoms with Gasteiger partial charge in [-0.25, -0.2) is 4.79 Å². The van der Waals surface area contributed by atoms with Gasteiger partial charge in [0, 0.05) is 6.42 Å². The summed E-state index contributed by atoms with van der Waals surface area (Å²) in [4.78, 5) is 11.0. The SMILES string of the molecule is CCCCCC(C)(C)CC(C)(C)[N+](C)(C)CC(=O)O. The topological polar surface area (TPSA) is 37.3 Å². The van der Waals surface area contributed by atoms with Gasteiger partial charge in [0.1, 0.15) is 0 Å². The van der Waals surface area contributed by atoms with Crippen molar-refractivity contribution in [2.45, 2.75) is 72.3 Å². The fourth-order valence-electron chi connectivity index (χ4n) is 2.88. The fraction of sp³-hybridized carbons (Fsp3) is 0.938. The number of likely N-dealkylation sites (N-methyl/N-ethyl adjacent to an activating group) is 1. The molecule has 0 spiro atoms. The number of quaternary nitrogens is 1. The Morgan fingerprint density at radius 2 is 1.63 bits per heavy atom. The summed E-state index contributed by atoms with van der Waals surface area (Å²) in [6, 6.07) is 0. The second-order valence-corrected chi connectivity index (χ2v) is 7.85. The summed E-state index contributed by atoms with van der Waals surface area (Å²) in [5.74, 6) is -0.720. The lowest BCUT2D eigenvalue weighted by atomic mass is 9.75. The van der Waals surface area contributed by atoms with Crippen molar-refractivity contribution in [3.63, 3.8) is 0 Å². The molecule has 0 fully saturated rings. The van der Waals surface area contributed by atoms with Gasteiger partial charge in [0.05, 0.1) is 19.6 Å². The maximum atomic E-state index is 11.0. The molecule has 0 rings (SSSR count). The molecule has 0 atom stereocenters. The van der Waals surface area contributed by atoms with Crippen LogP contribution in [0, 0.1) is 5.41 Å². The van der Waals surface area contributed by atoms with Gasteiger partial charge in [-0.1, -0.05) is 40.0 Å². The molecule has 0 heterocycles. The molecule has 0 amide bonds. The molecule has 114 valence electrons. The lowest BCUT2D eigenvalue weighted by Crippen LogP contribution is -2.59. The van der Waals surface area contributed by atoms with Gasteiger partial charge in [0.2, 0.25) is 0 Å². The highest BCUT2D eigenvalue weighted by molar-refractivity contribution is 5.67. The number of carbonyl (C=O) groups is 1. The van der Waals surface area contributed by atoms with E-state index in [0.717, 1.165) is 6.42 Å². The first-order valence-corrected chi connectivity index (χ1v) is 7.48. The molecule has 3 heteroatoms. The summed E-state index contributed by atoms with van der Waals surface area (Å²) in [5, 5.41) is 9.07. The highest BCUT2D eigenvalue weighted by atomic mass is 16.4. The molecular formula is C16H34NO2+. The molecule has 0 aliphatic heterocycles. The summed E-state index contributed by atoms with van der Waals surface area (Å²) in [5.41, 5.74) is 0.237. The molecule has 0 aromatic heterocycles. The van der Waals surface area contributed by atoms with Crippen molar-refractivity contribution >= 4 is 5.97 Å². The third-order valence-corrected chi connectivity index (χ3v) is 4.54. The van der Waals surface area contributed by atoms with Gasteiger partial charge in [0.25, 0.3) is 0 Å². The van der Waals surface area contributed by atoms with Crippen LogP contribution >= 0.6 is 0 Å². The Balaban J connectivity index is 4.68. The van der Waals surface area contributed by atoms with E-state index in [1.165, 1.54) is 25.7 Å². The van der Waals surface area contributed by atoms with Crippen LogP contribution in [0.5, 0.6) is 0 Å². The highest BCUT2D eigenvalue weighted by Crippen LogP contribution is 2.37. The van der Waals surface area contributed by atoms with E-state index >= 15 is 0 Å². The normalized spacial score (nSPS) is 13.6. The van der Waals surface area contributed by atoms with E-state index in [1.807, 2.05) is 14.1 Å². The number of unbranched alkanes of at least 4 members (excludes halogenated alkanes) is 2. The molecule has 0 aromatic carbocycles. The number of hydrogen-bond acceptors (Lipinski definition) is 1. The molecule has 3 nitrogen and oxygen atoms in total. The Kier molecular flexibility index (Phi) is 6.53. The number of carboxylic acids is 1. The minimum absolute atomic E-state index is 0.0336. The molecule has 0 saturated heterocycles. The smallest absolute Gasteiger partial charge is 0.359 e. The van der Waals surface area contributed by atoms with E-state index in [0.29, 0.717) is 4.48 Å². The van der Waals surface area contributed by atoms with Crippen LogP contribution in [-0.4, -0.2) is 41.7 Å². The average molecular weight is 272 g/mol. The summed E-state index contributed by atoms with van der Waals surface area (Å²) in [6.45, 7) is 11.4. The van der Waals surface area contributed by atoms with E-state index in [2.05, 4.69) is 34.6 Å². The van der Waals surface area contributed by atoms with Gasteiger partial charge in [-0.3, -0.25) is 0 Å². The number of nitrogens with zero attached hydrogens (tertiary/aromatic N) is 1. The van der Waals surface area contributed by atoms with Crippen LogP contribution in [-0.2, 0) is 4.79 Å². The minimum atomic E-state index is -0.720. The monoisotopic (exact) mass is 272 g/mol. The summed E-state index contributed by atoms with van der Waals surface area (Å²) >= 11 is 0. The molecule has 0 aromatic rings. The molecule has 0 bridgehead atoms. The van der Waals surface area contributed by atoms with Crippen molar-refractivity contribution in [1.29, 1.82) is 0 Å². The Labute approximate surface area is 119 Å². The highest BCUT2D eigenvalue weighted by Gasteiger charge is 2.41. The van der Waals surface area contributed by atoms with Crippen molar-refractivity contribution in [2.75, 3.05) is 20.6 Å². The largest absolute Gasteiger partial charge is 0.477 e. The van der Waals surface area contributed by atoms with E-state index < -0.39 is 5.97 Å². The molecule has 0 saturated carbocycles. The molecule has 0 radical (unpaired) electrons. The third kappa shape index (κ3) is 6.42. The third-order valence-electron chi connectivity index (χ3n) is 4.54. The first kappa shape index (κ1) is 18.4. The quantitative estimate of drug-likeness (QED) is 0.510. The fourth-order valence-corrected chi connectivity index (χ4v) is 2.88. The molecule has 0 unspecified atom stereocenters. The molecule has 19 heavy (non-hydrogen) atoms. The molecule has 0 aliphatic carbocycles. The molecule has 0 aliphatic rings. The Bertz CT molecular complexity index is 293. The number of hydrogen-bond donors (Lipinski definition) is 1. The summed E-state index contributed by atoms with van der Waals surface area (Å²) in [7, 11) is 4.05. The molecule has 1 N–H and O–H groups in total. The van der Waals surface area contributed by atoms with Crippen LogP contribution in [0.1, 0.15) is 66.7 Å². The average Bonchev–Trinajstić information content (AvgIpc) is 2.13. The lowest BCUT2D eigenvalue weighted by Gasteiger charge is -2.47. The number of rotatable bonds is 9. The van der Waals surface area contributed by atoms with E-state index in [1.54, 1.807) is 0 Å². The molecular weight excluding hydrogens is 238 g/mol. The maximum absolute atomic E-state index is 11.0. The zero-order valence-corrected chi connectivity index (χ0v) is 14.0. The Hall–Kier alpha value is -0.570. The van der Waals surface area contributed by atoms with Crippen molar-refractivity contribution in [3.8, 4) is 0 Å². The van der Waals surface area contributed by atoms with Crippen molar-refractivity contribution in [1.82, 2.24) is 0 Å². The van der Waals surface area contributed by atoms with Crippen molar-refractivity contribution in [2.24, 2.45) is 5.41 Å². The first-order valence-electron chi connectivity index (χ1n) is 7.48. The van der Waals surface area contributed by atoms with E-state index in [4.69, 9.17) is 5.11 Å². The zero-order chi connectivity index (χ0) is 15.3. The standard InChI is InChI=1S/C16H33NO2/c1-8-9-10-11-15(2,3)13-16(4,5)17(6,7)12-14(18)19/h8-13H2,1-7H3/p+1. The lowest BCUT2D eigenvalue weighted by molar-refractivity contribution is -0.932. The predicted molar refractivity (Wildman–Crippen MR) is 81.2 cm³/mol. The first-order chi connectivity index (χ1) is 8.43. The van der Waals surface area contributed by atoms with Crippen LogP contribution in [0.3, 0.4) is 0 Å².